The zero-order valence-corrected chi connectivity index (χ0v) is 12.4. The highest BCUT2D eigenvalue weighted by Gasteiger charge is 2.13. The quantitative estimate of drug-likeness (QED) is 0.632. The molecule has 0 amide bonds. The van der Waals surface area contributed by atoms with Crippen LogP contribution in [0, 0.1) is 10.1 Å². The number of rotatable bonds is 6. The summed E-state index contributed by atoms with van der Waals surface area (Å²) in [6.07, 6.45) is 0. The van der Waals surface area contributed by atoms with Gasteiger partial charge in [0.15, 0.2) is 0 Å². The number of nitro benzene ring substituents is 1. The summed E-state index contributed by atoms with van der Waals surface area (Å²) in [5, 5.41) is 23.8. The SMILES string of the molecule is COc1ccccc1[C@H](C)NCc1cc([N+](=O)[O-])ccc1O. The minimum Gasteiger partial charge on any atom is -0.508 e. The van der Waals surface area contributed by atoms with Gasteiger partial charge in [0.1, 0.15) is 11.5 Å². The van der Waals surface area contributed by atoms with Crippen molar-refractivity contribution in [2.24, 2.45) is 0 Å². The third-order valence-electron chi connectivity index (χ3n) is 3.48. The van der Waals surface area contributed by atoms with Gasteiger partial charge in [0.2, 0.25) is 0 Å². The maximum absolute atomic E-state index is 10.8. The largest absolute Gasteiger partial charge is 0.508 e. The molecule has 0 fully saturated rings. The van der Waals surface area contributed by atoms with Gasteiger partial charge in [0, 0.05) is 35.8 Å². The lowest BCUT2D eigenvalue weighted by Crippen LogP contribution is -2.18. The number of benzene rings is 2. The van der Waals surface area contributed by atoms with Gasteiger partial charge in [-0.25, -0.2) is 0 Å². The maximum Gasteiger partial charge on any atom is 0.270 e. The van der Waals surface area contributed by atoms with E-state index in [2.05, 4.69) is 5.32 Å². The van der Waals surface area contributed by atoms with E-state index in [4.69, 9.17) is 4.74 Å². The first-order valence-corrected chi connectivity index (χ1v) is 6.85. The number of nitrogens with one attached hydrogen (secondary N) is 1. The molecule has 0 unspecified atom stereocenters. The maximum atomic E-state index is 10.8. The fraction of sp³-hybridized carbons (Fsp3) is 0.250. The van der Waals surface area contributed by atoms with E-state index in [1.54, 1.807) is 7.11 Å². The molecule has 0 aromatic heterocycles. The summed E-state index contributed by atoms with van der Waals surface area (Å²) in [5.41, 5.74) is 1.42. The fourth-order valence-electron chi connectivity index (χ4n) is 2.22. The van der Waals surface area contributed by atoms with Gasteiger partial charge in [-0.2, -0.15) is 0 Å². The Labute approximate surface area is 128 Å². The first-order chi connectivity index (χ1) is 10.5. The Kier molecular flexibility index (Phi) is 4.95. The monoisotopic (exact) mass is 302 g/mol. The van der Waals surface area contributed by atoms with Crippen molar-refractivity contribution in [2.45, 2.75) is 19.5 Å². The first kappa shape index (κ1) is 15.8. The van der Waals surface area contributed by atoms with Crippen molar-refractivity contribution in [3.8, 4) is 11.5 Å². The molecular formula is C16H18N2O4. The van der Waals surface area contributed by atoms with Crippen molar-refractivity contribution in [3.05, 3.63) is 63.7 Å². The molecule has 0 radical (unpaired) electrons. The Morgan fingerprint density at radius 2 is 2.05 bits per heavy atom. The Balaban J connectivity index is 2.12. The number of para-hydroxylation sites is 1. The van der Waals surface area contributed by atoms with Crippen LogP contribution >= 0.6 is 0 Å². The molecule has 0 saturated carbocycles. The average molecular weight is 302 g/mol. The van der Waals surface area contributed by atoms with Gasteiger partial charge in [-0.15, -0.1) is 0 Å². The molecule has 2 rings (SSSR count). The highest BCUT2D eigenvalue weighted by atomic mass is 16.6. The molecule has 6 nitrogen and oxygen atoms in total. The van der Waals surface area contributed by atoms with Crippen LogP contribution in [0.4, 0.5) is 5.69 Å². The van der Waals surface area contributed by atoms with Crippen molar-refractivity contribution in [1.82, 2.24) is 5.32 Å². The van der Waals surface area contributed by atoms with E-state index in [0.717, 1.165) is 11.3 Å². The lowest BCUT2D eigenvalue weighted by atomic mass is 10.1. The second-order valence-electron chi connectivity index (χ2n) is 4.91. The summed E-state index contributed by atoms with van der Waals surface area (Å²) in [7, 11) is 1.61. The topological polar surface area (TPSA) is 84.6 Å². The van der Waals surface area contributed by atoms with Crippen LogP contribution in [0.2, 0.25) is 0 Å². The lowest BCUT2D eigenvalue weighted by Gasteiger charge is -2.17. The molecule has 0 aliphatic heterocycles. The molecule has 0 aliphatic rings. The van der Waals surface area contributed by atoms with Gasteiger partial charge in [-0.05, 0) is 19.1 Å². The third-order valence-corrected chi connectivity index (χ3v) is 3.48. The smallest absolute Gasteiger partial charge is 0.270 e. The average Bonchev–Trinajstić information content (AvgIpc) is 2.53. The van der Waals surface area contributed by atoms with E-state index in [1.807, 2.05) is 31.2 Å². The molecule has 0 spiro atoms. The van der Waals surface area contributed by atoms with E-state index in [0.29, 0.717) is 12.1 Å². The second kappa shape index (κ2) is 6.91. The predicted octanol–water partition coefficient (Wildman–Crippen LogP) is 3.16. The Bertz CT molecular complexity index is 673. The highest BCUT2D eigenvalue weighted by molar-refractivity contribution is 5.43. The molecule has 0 bridgehead atoms. The summed E-state index contributed by atoms with van der Waals surface area (Å²) < 4.78 is 5.31. The Morgan fingerprint density at radius 3 is 2.73 bits per heavy atom. The van der Waals surface area contributed by atoms with E-state index in [-0.39, 0.29) is 17.5 Å². The van der Waals surface area contributed by atoms with Gasteiger partial charge < -0.3 is 15.2 Å². The predicted molar refractivity (Wildman–Crippen MR) is 83.0 cm³/mol. The minimum absolute atomic E-state index is 0.0326. The van der Waals surface area contributed by atoms with E-state index < -0.39 is 4.92 Å². The highest BCUT2D eigenvalue weighted by Crippen LogP contribution is 2.26. The Hall–Kier alpha value is -2.60. The van der Waals surface area contributed by atoms with Crippen LogP contribution in [-0.4, -0.2) is 17.1 Å². The van der Waals surface area contributed by atoms with E-state index in [9.17, 15) is 15.2 Å². The standard InChI is InChI=1S/C16H18N2O4/c1-11(14-5-3-4-6-16(14)22-2)17-10-12-9-13(18(20)21)7-8-15(12)19/h3-9,11,17,19H,10H2,1-2H3/t11-/m0/s1. The molecule has 2 aromatic rings. The van der Waals surface area contributed by atoms with E-state index in [1.165, 1.54) is 18.2 Å². The van der Waals surface area contributed by atoms with Gasteiger partial charge >= 0.3 is 0 Å². The zero-order valence-electron chi connectivity index (χ0n) is 12.4. The van der Waals surface area contributed by atoms with Crippen molar-refractivity contribution in [1.29, 1.82) is 0 Å². The number of ether oxygens (including phenoxy) is 1. The van der Waals surface area contributed by atoms with Crippen LogP contribution in [0.25, 0.3) is 0 Å². The molecule has 0 heterocycles. The number of phenolic OH excluding ortho intramolecular Hbond substituents is 1. The normalized spacial score (nSPS) is 11.9. The molecule has 0 saturated heterocycles. The molecule has 2 N–H and O–H groups in total. The van der Waals surface area contributed by atoms with Gasteiger partial charge in [-0.3, -0.25) is 10.1 Å². The number of methoxy groups -OCH3 is 1. The number of aromatic hydroxyl groups is 1. The number of non-ortho nitro benzene ring substituents is 1. The Morgan fingerprint density at radius 1 is 1.32 bits per heavy atom. The van der Waals surface area contributed by atoms with Crippen molar-refractivity contribution < 1.29 is 14.8 Å². The number of nitro groups is 1. The number of hydrogen-bond acceptors (Lipinski definition) is 5. The summed E-state index contributed by atoms with van der Waals surface area (Å²) in [6, 6.07) is 11.6. The zero-order chi connectivity index (χ0) is 16.1. The van der Waals surface area contributed by atoms with Crippen molar-refractivity contribution in [3.63, 3.8) is 0 Å². The number of phenols is 1. The molecule has 0 aliphatic carbocycles. The van der Waals surface area contributed by atoms with Crippen molar-refractivity contribution in [2.75, 3.05) is 7.11 Å². The van der Waals surface area contributed by atoms with Crippen LogP contribution in [-0.2, 0) is 6.54 Å². The fourth-order valence-corrected chi connectivity index (χ4v) is 2.22. The molecule has 6 heteroatoms. The summed E-state index contributed by atoms with van der Waals surface area (Å²) >= 11 is 0. The van der Waals surface area contributed by atoms with Gasteiger partial charge in [-0.1, -0.05) is 18.2 Å². The lowest BCUT2D eigenvalue weighted by molar-refractivity contribution is -0.384. The number of nitrogens with zero attached hydrogens (tertiary/aromatic N) is 1. The molecule has 116 valence electrons. The molecular weight excluding hydrogens is 284 g/mol. The van der Waals surface area contributed by atoms with Crippen LogP contribution in [0.15, 0.2) is 42.5 Å². The first-order valence-electron chi connectivity index (χ1n) is 6.85. The van der Waals surface area contributed by atoms with Crippen LogP contribution in [0.3, 0.4) is 0 Å². The summed E-state index contributed by atoms with van der Waals surface area (Å²) in [4.78, 5) is 10.3. The van der Waals surface area contributed by atoms with E-state index >= 15 is 0 Å². The van der Waals surface area contributed by atoms with Crippen LogP contribution in [0.5, 0.6) is 11.5 Å². The molecule has 2 aromatic carbocycles. The minimum atomic E-state index is -0.480. The van der Waals surface area contributed by atoms with Gasteiger partial charge in [0.25, 0.3) is 5.69 Å². The molecule has 1 atom stereocenters. The third kappa shape index (κ3) is 3.53. The van der Waals surface area contributed by atoms with Crippen LogP contribution in [0.1, 0.15) is 24.1 Å². The van der Waals surface area contributed by atoms with Crippen molar-refractivity contribution >= 4 is 5.69 Å². The molecule has 22 heavy (non-hydrogen) atoms. The van der Waals surface area contributed by atoms with Gasteiger partial charge in [0.05, 0.1) is 12.0 Å². The summed E-state index contributed by atoms with van der Waals surface area (Å²) in [6.45, 7) is 2.28. The second-order valence-corrected chi connectivity index (χ2v) is 4.91. The summed E-state index contributed by atoms with van der Waals surface area (Å²) in [5.74, 6) is 0.802. The van der Waals surface area contributed by atoms with Crippen LogP contribution < -0.4 is 10.1 Å². The number of hydrogen-bond donors (Lipinski definition) is 2.